The molecule has 0 aromatic rings. The average Bonchev–Trinajstić information content (AvgIpc) is 3.08. The van der Waals surface area contributed by atoms with Crippen molar-refractivity contribution in [3.8, 4) is 0 Å². The first-order valence-corrected chi connectivity index (χ1v) is 6.56. The van der Waals surface area contributed by atoms with Crippen LogP contribution in [0.2, 0.25) is 0 Å². The molecule has 1 aliphatic carbocycles. The van der Waals surface area contributed by atoms with E-state index in [0.717, 1.165) is 18.6 Å². The van der Waals surface area contributed by atoms with Crippen molar-refractivity contribution in [2.24, 2.45) is 0 Å². The lowest BCUT2D eigenvalue weighted by atomic mass is 10.0. The second kappa shape index (κ2) is 5.88. The van der Waals surface area contributed by atoms with Gasteiger partial charge in [-0.25, -0.2) is 0 Å². The van der Waals surface area contributed by atoms with E-state index in [1.807, 2.05) is 0 Å². The Balaban J connectivity index is 1.75. The van der Waals surface area contributed by atoms with Crippen LogP contribution in [0, 0.1) is 0 Å². The fourth-order valence-corrected chi connectivity index (χ4v) is 2.38. The van der Waals surface area contributed by atoms with E-state index >= 15 is 0 Å². The highest BCUT2D eigenvalue weighted by Gasteiger charge is 2.25. The van der Waals surface area contributed by atoms with Crippen molar-refractivity contribution in [1.29, 1.82) is 0 Å². The number of nitrogens with one attached hydrogen (secondary N) is 1. The molecule has 0 radical (unpaired) electrons. The number of nitrogens with zero attached hydrogens (tertiary/aromatic N) is 1. The Morgan fingerprint density at radius 2 is 2.13 bits per heavy atom. The van der Waals surface area contributed by atoms with Crippen LogP contribution < -0.4 is 5.32 Å². The van der Waals surface area contributed by atoms with E-state index in [0.29, 0.717) is 0 Å². The van der Waals surface area contributed by atoms with Gasteiger partial charge in [0.15, 0.2) is 0 Å². The molecule has 3 heteroatoms. The molecule has 1 saturated carbocycles. The summed E-state index contributed by atoms with van der Waals surface area (Å²) in [7, 11) is 0. The smallest absolute Gasteiger partial charge is 0.0224 e. The molecule has 0 bridgehead atoms. The van der Waals surface area contributed by atoms with Gasteiger partial charge in [0, 0.05) is 30.7 Å². The Kier molecular flexibility index (Phi) is 4.48. The van der Waals surface area contributed by atoms with Gasteiger partial charge in [-0.1, -0.05) is 24.1 Å². The lowest BCUT2D eigenvalue weighted by molar-refractivity contribution is 0.161. The number of halogens is 1. The van der Waals surface area contributed by atoms with Gasteiger partial charge in [0.1, 0.15) is 0 Å². The van der Waals surface area contributed by atoms with Crippen molar-refractivity contribution in [2.45, 2.75) is 44.2 Å². The van der Waals surface area contributed by atoms with Crippen LogP contribution in [0.25, 0.3) is 0 Å². The molecule has 0 spiro atoms. The summed E-state index contributed by atoms with van der Waals surface area (Å²) in [6.07, 6.45) is 8.89. The summed E-state index contributed by atoms with van der Waals surface area (Å²) in [6.45, 7) is 3.42. The Labute approximate surface area is 97.7 Å². The summed E-state index contributed by atoms with van der Waals surface area (Å²) < 4.78 is 0. The van der Waals surface area contributed by atoms with E-state index in [9.17, 15) is 0 Å². The zero-order valence-electron chi connectivity index (χ0n) is 9.29. The quantitative estimate of drug-likeness (QED) is 0.777. The van der Waals surface area contributed by atoms with Crippen LogP contribution in [-0.2, 0) is 0 Å². The third-order valence-corrected chi connectivity index (χ3v) is 3.58. The molecule has 0 aromatic carbocycles. The molecule has 1 N–H and O–H groups in total. The van der Waals surface area contributed by atoms with Crippen molar-refractivity contribution in [2.75, 3.05) is 19.6 Å². The maximum Gasteiger partial charge on any atom is 0.0224 e. The van der Waals surface area contributed by atoms with Gasteiger partial charge in [0.2, 0.25) is 0 Å². The summed E-state index contributed by atoms with van der Waals surface area (Å²) in [4.78, 5) is 2.55. The number of hydrogen-bond donors (Lipinski definition) is 1. The Bertz CT molecular complexity index is 214. The maximum atomic E-state index is 5.58. The van der Waals surface area contributed by atoms with E-state index < -0.39 is 0 Å². The van der Waals surface area contributed by atoms with Crippen LogP contribution in [0.5, 0.6) is 0 Å². The van der Waals surface area contributed by atoms with Gasteiger partial charge in [-0.15, -0.1) is 0 Å². The summed E-state index contributed by atoms with van der Waals surface area (Å²) >= 11 is 5.58. The topological polar surface area (TPSA) is 15.3 Å². The molecule has 1 aliphatic heterocycles. The number of rotatable bonds is 5. The Morgan fingerprint density at radius 1 is 1.27 bits per heavy atom. The van der Waals surface area contributed by atoms with Crippen LogP contribution in [0.15, 0.2) is 11.6 Å². The second-order valence-corrected chi connectivity index (χ2v) is 4.94. The molecule has 1 heterocycles. The molecule has 15 heavy (non-hydrogen) atoms. The minimum Gasteiger partial charge on any atom is -0.312 e. The first-order valence-electron chi connectivity index (χ1n) is 6.13. The third kappa shape index (κ3) is 3.78. The predicted octanol–water partition coefficient (Wildman–Crippen LogP) is 2.35. The van der Waals surface area contributed by atoms with Crippen molar-refractivity contribution in [3.05, 3.63) is 11.6 Å². The highest BCUT2D eigenvalue weighted by Crippen LogP contribution is 2.21. The van der Waals surface area contributed by atoms with Gasteiger partial charge >= 0.3 is 0 Å². The van der Waals surface area contributed by atoms with Gasteiger partial charge in [-0.3, -0.25) is 4.90 Å². The van der Waals surface area contributed by atoms with Crippen LogP contribution in [-0.4, -0.2) is 36.6 Å². The minimum absolute atomic E-state index is 0.729. The lowest BCUT2D eigenvalue weighted by Gasteiger charge is -2.35. The maximum absolute atomic E-state index is 5.58. The van der Waals surface area contributed by atoms with Crippen molar-refractivity contribution in [3.63, 3.8) is 0 Å². The minimum atomic E-state index is 0.729. The van der Waals surface area contributed by atoms with Crippen LogP contribution >= 0.6 is 11.6 Å². The van der Waals surface area contributed by atoms with Crippen LogP contribution in [0.4, 0.5) is 0 Å². The van der Waals surface area contributed by atoms with E-state index in [-0.39, 0.29) is 0 Å². The van der Waals surface area contributed by atoms with Crippen molar-refractivity contribution < 1.29 is 0 Å². The van der Waals surface area contributed by atoms with Gasteiger partial charge in [-0.2, -0.15) is 0 Å². The highest BCUT2D eigenvalue weighted by molar-refractivity contribution is 6.25. The monoisotopic (exact) mass is 228 g/mol. The second-order valence-electron chi connectivity index (χ2n) is 4.69. The molecular formula is C12H21ClN2. The first-order chi connectivity index (χ1) is 7.40. The van der Waals surface area contributed by atoms with Crippen LogP contribution in [0.1, 0.15) is 32.1 Å². The number of hydrogen-bond acceptors (Lipinski definition) is 2. The molecule has 1 atom stereocenters. The molecule has 0 amide bonds. The normalized spacial score (nSPS) is 28.7. The average molecular weight is 229 g/mol. The number of likely N-dealkylation sites (tertiary alicyclic amines) is 1. The van der Waals surface area contributed by atoms with Crippen LogP contribution in [0.3, 0.4) is 0 Å². The third-order valence-electron chi connectivity index (χ3n) is 3.40. The molecule has 2 rings (SSSR count). The first kappa shape index (κ1) is 11.4. The molecule has 86 valence electrons. The zero-order valence-corrected chi connectivity index (χ0v) is 10.0. The Morgan fingerprint density at radius 3 is 2.87 bits per heavy atom. The molecule has 2 nitrogen and oxygen atoms in total. The molecule has 1 saturated heterocycles. The van der Waals surface area contributed by atoms with Gasteiger partial charge in [0.05, 0.1) is 0 Å². The van der Waals surface area contributed by atoms with Crippen molar-refractivity contribution in [1.82, 2.24) is 10.2 Å². The van der Waals surface area contributed by atoms with E-state index in [4.69, 9.17) is 11.6 Å². The van der Waals surface area contributed by atoms with Gasteiger partial charge in [-0.05, 0) is 32.2 Å². The fourth-order valence-electron chi connectivity index (χ4n) is 2.30. The predicted molar refractivity (Wildman–Crippen MR) is 65.2 cm³/mol. The summed E-state index contributed by atoms with van der Waals surface area (Å²) in [6, 6.07) is 1.56. The lowest BCUT2D eigenvalue weighted by Crippen LogP contribution is -2.45. The van der Waals surface area contributed by atoms with E-state index in [1.165, 1.54) is 45.2 Å². The SMILES string of the molecule is ClC=CCN1CCCCC1CNC1CC1. The van der Waals surface area contributed by atoms with Gasteiger partial charge in [0.25, 0.3) is 0 Å². The number of piperidine rings is 1. The standard InChI is InChI=1S/C12H21ClN2/c13-7-3-9-15-8-2-1-4-12(15)10-14-11-5-6-11/h3,7,11-12,14H,1-2,4-6,8-10H2. The molecule has 0 aromatic heterocycles. The van der Waals surface area contributed by atoms with E-state index in [1.54, 1.807) is 5.54 Å². The molecule has 2 fully saturated rings. The van der Waals surface area contributed by atoms with Gasteiger partial charge < -0.3 is 5.32 Å². The zero-order chi connectivity index (χ0) is 10.5. The van der Waals surface area contributed by atoms with Crippen molar-refractivity contribution >= 4 is 11.6 Å². The Hall–Kier alpha value is -0.0500. The molecule has 1 unspecified atom stereocenters. The molecule has 2 aliphatic rings. The fraction of sp³-hybridized carbons (Fsp3) is 0.833. The summed E-state index contributed by atoms with van der Waals surface area (Å²) in [5.41, 5.74) is 1.64. The van der Waals surface area contributed by atoms with E-state index in [2.05, 4.69) is 16.3 Å². The summed E-state index contributed by atoms with van der Waals surface area (Å²) in [5, 5.41) is 3.63. The largest absolute Gasteiger partial charge is 0.312 e. The summed E-state index contributed by atoms with van der Waals surface area (Å²) in [5.74, 6) is 0. The molecular weight excluding hydrogens is 208 g/mol. The highest BCUT2D eigenvalue weighted by atomic mass is 35.5.